The van der Waals surface area contributed by atoms with E-state index in [-0.39, 0.29) is 12.8 Å². The van der Waals surface area contributed by atoms with E-state index in [1.807, 2.05) is 0 Å². The zero-order valence-electron chi connectivity index (χ0n) is 14.2. The number of aliphatic carboxylic acids is 1. The first-order valence-corrected chi connectivity index (χ1v) is 8.11. The monoisotopic (exact) mass is 354 g/mol. The molecule has 1 rings (SSSR count). The second kappa shape index (κ2) is 10.4. The molecule has 10 heteroatoms. The van der Waals surface area contributed by atoms with Crippen molar-refractivity contribution in [2.45, 2.75) is 50.7 Å². The molecule has 0 aromatic carbocycles. The minimum Gasteiger partial charge on any atom is -0.480 e. The third-order valence-electron chi connectivity index (χ3n) is 3.59. The molecule has 25 heavy (non-hydrogen) atoms. The molecule has 1 heterocycles. The van der Waals surface area contributed by atoms with Crippen LogP contribution < -0.4 is 22.1 Å². The highest BCUT2D eigenvalue weighted by molar-refractivity contribution is 5.91. The average Bonchev–Trinajstić information content (AvgIpc) is 3.06. The number of rotatable bonds is 11. The van der Waals surface area contributed by atoms with Gasteiger partial charge in [0.2, 0.25) is 11.8 Å². The highest BCUT2D eigenvalue weighted by Crippen LogP contribution is 2.04. The van der Waals surface area contributed by atoms with E-state index < -0.39 is 35.9 Å². The van der Waals surface area contributed by atoms with Crippen molar-refractivity contribution in [1.29, 1.82) is 0 Å². The lowest BCUT2D eigenvalue weighted by atomic mass is 10.1. The van der Waals surface area contributed by atoms with E-state index in [4.69, 9.17) is 11.5 Å². The Labute approximate surface area is 145 Å². The lowest BCUT2D eigenvalue weighted by Gasteiger charge is -2.22. The predicted octanol–water partition coefficient (Wildman–Crippen LogP) is -1.52. The Kier molecular flexibility index (Phi) is 8.57. The van der Waals surface area contributed by atoms with Gasteiger partial charge in [0.05, 0.1) is 12.4 Å². The molecule has 1 aromatic heterocycles. The van der Waals surface area contributed by atoms with Crippen LogP contribution in [0.25, 0.3) is 0 Å². The molecule has 0 fully saturated rings. The van der Waals surface area contributed by atoms with Crippen LogP contribution in [0.5, 0.6) is 0 Å². The third-order valence-corrected chi connectivity index (χ3v) is 3.59. The van der Waals surface area contributed by atoms with Crippen molar-refractivity contribution in [3.8, 4) is 0 Å². The Hall–Kier alpha value is -2.46. The number of carbonyl (C=O) groups excluding carboxylic acids is 2. The molecule has 0 aliphatic heterocycles. The molecule has 0 aliphatic carbocycles. The standard InChI is InChI=1S/C15H26N6O4/c1-9(17)13(22)21-12(6-10-7-18-8-19-10)14(23)20-11(15(24)25)4-2-3-5-16/h7-9,11-12H,2-6,16-17H2,1H3,(H,18,19)(H,20,23)(H,21,22)(H,24,25)/t9-,11-,12-/m1/s1. The zero-order valence-corrected chi connectivity index (χ0v) is 14.2. The van der Waals surface area contributed by atoms with Gasteiger partial charge in [0, 0.05) is 18.3 Å². The number of nitrogens with zero attached hydrogens (tertiary/aromatic N) is 1. The first-order valence-electron chi connectivity index (χ1n) is 8.11. The van der Waals surface area contributed by atoms with Crippen molar-refractivity contribution in [2.24, 2.45) is 11.5 Å². The normalized spacial score (nSPS) is 14.4. The second-order valence-corrected chi connectivity index (χ2v) is 5.81. The molecule has 3 atom stereocenters. The molecule has 0 unspecified atom stereocenters. The van der Waals surface area contributed by atoms with Crippen LogP contribution in [-0.2, 0) is 20.8 Å². The van der Waals surface area contributed by atoms with Gasteiger partial charge in [0.25, 0.3) is 0 Å². The summed E-state index contributed by atoms with van der Waals surface area (Å²) in [5.41, 5.74) is 11.5. The van der Waals surface area contributed by atoms with Crippen LogP contribution in [0.4, 0.5) is 0 Å². The fourth-order valence-electron chi connectivity index (χ4n) is 2.15. The lowest BCUT2D eigenvalue weighted by molar-refractivity contribution is -0.142. The molecular weight excluding hydrogens is 328 g/mol. The van der Waals surface area contributed by atoms with Crippen molar-refractivity contribution in [3.05, 3.63) is 18.2 Å². The van der Waals surface area contributed by atoms with Gasteiger partial charge in [0.1, 0.15) is 12.1 Å². The van der Waals surface area contributed by atoms with E-state index in [2.05, 4.69) is 20.6 Å². The number of nitrogens with one attached hydrogen (secondary N) is 3. The molecule has 0 saturated heterocycles. The topological polar surface area (TPSA) is 176 Å². The predicted molar refractivity (Wildman–Crippen MR) is 90.3 cm³/mol. The summed E-state index contributed by atoms with van der Waals surface area (Å²) >= 11 is 0. The number of H-pyrrole nitrogens is 1. The molecule has 0 bridgehead atoms. The van der Waals surface area contributed by atoms with E-state index in [1.165, 1.54) is 19.4 Å². The van der Waals surface area contributed by atoms with Gasteiger partial charge in [-0.05, 0) is 32.7 Å². The summed E-state index contributed by atoms with van der Waals surface area (Å²) in [7, 11) is 0. The fourth-order valence-corrected chi connectivity index (χ4v) is 2.15. The van der Waals surface area contributed by atoms with E-state index in [0.29, 0.717) is 25.1 Å². The lowest BCUT2D eigenvalue weighted by Crippen LogP contribution is -2.54. The van der Waals surface area contributed by atoms with Gasteiger partial charge >= 0.3 is 5.97 Å². The SMILES string of the molecule is C[C@@H](N)C(=O)N[C@H](Cc1cnc[nH]1)C(=O)N[C@H](CCCCN)C(=O)O. The smallest absolute Gasteiger partial charge is 0.326 e. The highest BCUT2D eigenvalue weighted by Gasteiger charge is 2.27. The third kappa shape index (κ3) is 7.31. The number of aromatic nitrogens is 2. The summed E-state index contributed by atoms with van der Waals surface area (Å²) in [6.07, 6.45) is 4.61. The Morgan fingerprint density at radius 2 is 1.92 bits per heavy atom. The molecular formula is C15H26N6O4. The molecule has 0 saturated carbocycles. The fraction of sp³-hybridized carbons (Fsp3) is 0.600. The van der Waals surface area contributed by atoms with Gasteiger partial charge in [-0.2, -0.15) is 0 Å². The van der Waals surface area contributed by atoms with Gasteiger partial charge in [-0.3, -0.25) is 9.59 Å². The maximum Gasteiger partial charge on any atom is 0.326 e. The van der Waals surface area contributed by atoms with Crippen LogP contribution in [0.1, 0.15) is 31.9 Å². The van der Waals surface area contributed by atoms with Gasteiger partial charge < -0.3 is 32.2 Å². The summed E-state index contributed by atoms with van der Waals surface area (Å²) in [4.78, 5) is 42.4. The van der Waals surface area contributed by atoms with Gasteiger partial charge in [-0.15, -0.1) is 0 Å². The van der Waals surface area contributed by atoms with Crippen LogP contribution in [0.3, 0.4) is 0 Å². The molecule has 10 nitrogen and oxygen atoms in total. The highest BCUT2D eigenvalue weighted by atomic mass is 16.4. The summed E-state index contributed by atoms with van der Waals surface area (Å²) in [6, 6.07) is -2.80. The maximum atomic E-state index is 12.5. The number of aromatic amines is 1. The maximum absolute atomic E-state index is 12.5. The molecule has 0 aliphatic rings. The molecule has 0 radical (unpaired) electrons. The number of imidazole rings is 1. The van der Waals surface area contributed by atoms with E-state index in [0.717, 1.165) is 0 Å². The number of unbranched alkanes of at least 4 members (excludes halogenated alkanes) is 1. The van der Waals surface area contributed by atoms with Crippen LogP contribution >= 0.6 is 0 Å². The Morgan fingerprint density at radius 1 is 1.24 bits per heavy atom. The Bertz CT molecular complexity index is 560. The van der Waals surface area contributed by atoms with Crippen LogP contribution in [-0.4, -0.2) is 57.5 Å². The molecule has 1 aromatic rings. The van der Waals surface area contributed by atoms with Crippen LogP contribution in [0, 0.1) is 0 Å². The van der Waals surface area contributed by atoms with Gasteiger partial charge in [-0.25, -0.2) is 9.78 Å². The minimum absolute atomic E-state index is 0.138. The number of amides is 2. The van der Waals surface area contributed by atoms with Gasteiger partial charge in [-0.1, -0.05) is 0 Å². The van der Waals surface area contributed by atoms with E-state index in [9.17, 15) is 19.5 Å². The minimum atomic E-state index is -1.14. The number of hydrogen-bond acceptors (Lipinski definition) is 6. The molecule has 8 N–H and O–H groups in total. The van der Waals surface area contributed by atoms with Crippen LogP contribution in [0.15, 0.2) is 12.5 Å². The number of carboxylic acid groups (broad SMARTS) is 1. The average molecular weight is 354 g/mol. The first kappa shape index (κ1) is 20.6. The van der Waals surface area contributed by atoms with Gasteiger partial charge in [0.15, 0.2) is 0 Å². The molecule has 140 valence electrons. The summed E-state index contributed by atoms with van der Waals surface area (Å²) in [6.45, 7) is 1.94. The number of carbonyl (C=O) groups is 3. The Balaban J connectivity index is 2.78. The Morgan fingerprint density at radius 3 is 2.44 bits per heavy atom. The first-order chi connectivity index (χ1) is 11.8. The molecule has 0 spiro atoms. The second-order valence-electron chi connectivity index (χ2n) is 5.81. The van der Waals surface area contributed by atoms with Crippen molar-refractivity contribution in [2.75, 3.05) is 6.54 Å². The number of carboxylic acids is 1. The summed E-state index contributed by atoms with van der Waals surface area (Å²) in [5.74, 6) is -2.23. The zero-order chi connectivity index (χ0) is 18.8. The summed E-state index contributed by atoms with van der Waals surface area (Å²) in [5, 5.41) is 14.3. The van der Waals surface area contributed by atoms with Crippen molar-refractivity contribution < 1.29 is 19.5 Å². The van der Waals surface area contributed by atoms with Crippen molar-refractivity contribution in [3.63, 3.8) is 0 Å². The number of hydrogen-bond donors (Lipinski definition) is 6. The molecule has 2 amide bonds. The van der Waals surface area contributed by atoms with Crippen LogP contribution in [0.2, 0.25) is 0 Å². The van der Waals surface area contributed by atoms with E-state index >= 15 is 0 Å². The quantitative estimate of drug-likeness (QED) is 0.261. The van der Waals surface area contributed by atoms with Crippen molar-refractivity contribution in [1.82, 2.24) is 20.6 Å². The van der Waals surface area contributed by atoms with Crippen molar-refractivity contribution >= 4 is 17.8 Å². The number of nitrogens with two attached hydrogens (primary N) is 2. The summed E-state index contributed by atoms with van der Waals surface area (Å²) < 4.78 is 0. The van der Waals surface area contributed by atoms with E-state index in [1.54, 1.807) is 0 Å². The largest absolute Gasteiger partial charge is 0.480 e.